The third kappa shape index (κ3) is 5.29. The van der Waals surface area contributed by atoms with E-state index < -0.39 is 5.25 Å². The molecular weight excluding hydrogens is 428 g/mol. The molecule has 0 saturated carbocycles. The van der Waals surface area contributed by atoms with E-state index in [4.69, 9.17) is 4.98 Å². The quantitative estimate of drug-likeness (QED) is 0.349. The number of hydrogen-bond donors (Lipinski definition) is 1. The SMILES string of the molecule is Cc1cc(C)c(NC(=O)C(C)Sc2nnc(-c3ccccc3)c(-c3ccccc3)n2)c(C)c1. The molecule has 33 heavy (non-hydrogen) atoms. The second kappa shape index (κ2) is 9.96. The number of benzene rings is 3. The number of hydrogen-bond acceptors (Lipinski definition) is 5. The maximum absolute atomic E-state index is 12.9. The van der Waals surface area contributed by atoms with Gasteiger partial charge in [-0.05, 0) is 38.8 Å². The summed E-state index contributed by atoms with van der Waals surface area (Å²) in [5.74, 6) is -0.0907. The molecule has 1 amide bonds. The number of nitrogens with zero attached hydrogens (tertiary/aromatic N) is 3. The normalized spacial score (nSPS) is 11.8. The average Bonchev–Trinajstić information content (AvgIpc) is 2.82. The summed E-state index contributed by atoms with van der Waals surface area (Å²) in [7, 11) is 0. The fourth-order valence-corrected chi connectivity index (χ4v) is 4.48. The van der Waals surface area contributed by atoms with Gasteiger partial charge < -0.3 is 5.32 Å². The van der Waals surface area contributed by atoms with Gasteiger partial charge >= 0.3 is 0 Å². The van der Waals surface area contributed by atoms with Crippen molar-refractivity contribution < 1.29 is 4.79 Å². The second-order valence-electron chi connectivity index (χ2n) is 8.05. The molecule has 0 radical (unpaired) electrons. The van der Waals surface area contributed by atoms with E-state index in [9.17, 15) is 4.79 Å². The van der Waals surface area contributed by atoms with Crippen molar-refractivity contribution in [1.82, 2.24) is 15.2 Å². The maximum atomic E-state index is 12.9. The smallest absolute Gasteiger partial charge is 0.237 e. The molecule has 0 aliphatic carbocycles. The topological polar surface area (TPSA) is 67.8 Å². The highest BCUT2D eigenvalue weighted by Crippen LogP contribution is 2.31. The molecule has 0 aliphatic rings. The van der Waals surface area contributed by atoms with Gasteiger partial charge in [0, 0.05) is 16.8 Å². The highest BCUT2D eigenvalue weighted by molar-refractivity contribution is 8.00. The molecule has 0 saturated heterocycles. The Hall–Kier alpha value is -3.51. The lowest BCUT2D eigenvalue weighted by atomic mass is 10.0. The summed E-state index contributed by atoms with van der Waals surface area (Å²) in [6.07, 6.45) is 0. The number of aryl methyl sites for hydroxylation is 3. The first-order valence-electron chi connectivity index (χ1n) is 10.8. The van der Waals surface area contributed by atoms with Gasteiger partial charge in [-0.2, -0.15) is 0 Å². The molecule has 4 rings (SSSR count). The number of rotatable bonds is 6. The van der Waals surface area contributed by atoms with Crippen LogP contribution >= 0.6 is 11.8 Å². The predicted octanol–water partition coefficient (Wildman–Crippen LogP) is 6.25. The van der Waals surface area contributed by atoms with E-state index in [2.05, 4.69) is 34.6 Å². The Balaban J connectivity index is 1.60. The van der Waals surface area contributed by atoms with Gasteiger partial charge in [0.2, 0.25) is 11.1 Å². The van der Waals surface area contributed by atoms with Crippen molar-refractivity contribution in [2.24, 2.45) is 0 Å². The van der Waals surface area contributed by atoms with Crippen molar-refractivity contribution in [3.8, 4) is 22.5 Å². The van der Waals surface area contributed by atoms with Gasteiger partial charge in [-0.3, -0.25) is 4.79 Å². The Kier molecular flexibility index (Phi) is 6.84. The monoisotopic (exact) mass is 454 g/mol. The Labute approximate surface area is 198 Å². The zero-order valence-electron chi connectivity index (χ0n) is 19.2. The maximum Gasteiger partial charge on any atom is 0.237 e. The number of nitrogens with one attached hydrogen (secondary N) is 1. The van der Waals surface area contributed by atoms with Gasteiger partial charge in [0.05, 0.1) is 5.25 Å². The van der Waals surface area contributed by atoms with Crippen LogP contribution in [0.25, 0.3) is 22.5 Å². The molecule has 1 heterocycles. The summed E-state index contributed by atoms with van der Waals surface area (Å²) in [5, 5.41) is 12.0. The van der Waals surface area contributed by atoms with Gasteiger partial charge in [0.15, 0.2) is 0 Å². The Morgan fingerprint density at radius 1 is 0.818 bits per heavy atom. The van der Waals surface area contributed by atoms with Crippen molar-refractivity contribution in [2.45, 2.75) is 38.1 Å². The van der Waals surface area contributed by atoms with Crippen LogP contribution in [0.2, 0.25) is 0 Å². The molecule has 4 aromatic rings. The van der Waals surface area contributed by atoms with Gasteiger partial charge in [0.1, 0.15) is 11.4 Å². The van der Waals surface area contributed by atoms with Gasteiger partial charge in [-0.15, -0.1) is 10.2 Å². The van der Waals surface area contributed by atoms with Crippen LogP contribution in [-0.4, -0.2) is 26.3 Å². The van der Waals surface area contributed by atoms with Crippen molar-refractivity contribution >= 4 is 23.4 Å². The van der Waals surface area contributed by atoms with E-state index in [0.717, 1.165) is 33.6 Å². The third-order valence-electron chi connectivity index (χ3n) is 5.34. The molecule has 3 aromatic carbocycles. The van der Waals surface area contributed by atoms with E-state index in [1.807, 2.05) is 81.4 Å². The Bertz CT molecular complexity index is 1250. The number of carbonyl (C=O) groups excluding carboxylic acids is 1. The van der Waals surface area contributed by atoms with E-state index >= 15 is 0 Å². The van der Waals surface area contributed by atoms with Crippen molar-refractivity contribution in [2.75, 3.05) is 5.32 Å². The van der Waals surface area contributed by atoms with E-state index in [0.29, 0.717) is 10.9 Å². The first-order valence-corrected chi connectivity index (χ1v) is 11.7. The second-order valence-corrected chi connectivity index (χ2v) is 9.35. The first-order chi connectivity index (χ1) is 15.9. The third-order valence-corrected chi connectivity index (χ3v) is 6.29. The summed E-state index contributed by atoms with van der Waals surface area (Å²) in [6.45, 7) is 7.93. The highest BCUT2D eigenvalue weighted by Gasteiger charge is 2.20. The van der Waals surface area contributed by atoms with Gasteiger partial charge in [-0.1, -0.05) is 90.1 Å². The molecule has 0 bridgehead atoms. The number of anilines is 1. The van der Waals surface area contributed by atoms with Crippen LogP contribution in [0, 0.1) is 20.8 Å². The molecule has 5 nitrogen and oxygen atoms in total. The highest BCUT2D eigenvalue weighted by atomic mass is 32.2. The van der Waals surface area contributed by atoms with Gasteiger partial charge in [0.25, 0.3) is 0 Å². The molecule has 1 atom stereocenters. The number of aromatic nitrogens is 3. The fraction of sp³-hybridized carbons (Fsp3) is 0.185. The van der Waals surface area contributed by atoms with E-state index in [1.165, 1.54) is 17.3 Å². The van der Waals surface area contributed by atoms with E-state index in [-0.39, 0.29) is 5.91 Å². The number of thioether (sulfide) groups is 1. The summed E-state index contributed by atoms with van der Waals surface area (Å²) >= 11 is 1.30. The molecular formula is C27H26N4OS. The lowest BCUT2D eigenvalue weighted by Crippen LogP contribution is -2.23. The van der Waals surface area contributed by atoms with Gasteiger partial charge in [-0.25, -0.2) is 4.98 Å². The summed E-state index contributed by atoms with van der Waals surface area (Å²) in [6, 6.07) is 24.0. The summed E-state index contributed by atoms with van der Waals surface area (Å²) < 4.78 is 0. The van der Waals surface area contributed by atoms with Crippen LogP contribution < -0.4 is 5.32 Å². The zero-order valence-corrected chi connectivity index (χ0v) is 20.0. The Morgan fingerprint density at radius 2 is 1.36 bits per heavy atom. The molecule has 1 N–H and O–H groups in total. The van der Waals surface area contributed by atoms with Crippen LogP contribution in [0.4, 0.5) is 5.69 Å². The largest absolute Gasteiger partial charge is 0.325 e. The van der Waals surface area contributed by atoms with Crippen LogP contribution in [-0.2, 0) is 4.79 Å². The minimum atomic E-state index is -0.391. The van der Waals surface area contributed by atoms with Crippen molar-refractivity contribution in [3.63, 3.8) is 0 Å². The minimum absolute atomic E-state index is 0.0907. The molecule has 1 aromatic heterocycles. The molecule has 166 valence electrons. The first kappa shape index (κ1) is 22.7. The zero-order chi connectivity index (χ0) is 23.4. The molecule has 6 heteroatoms. The summed E-state index contributed by atoms with van der Waals surface area (Å²) in [5.41, 5.74) is 7.51. The lowest BCUT2D eigenvalue weighted by molar-refractivity contribution is -0.115. The van der Waals surface area contributed by atoms with Crippen LogP contribution in [0.15, 0.2) is 78.0 Å². The number of carbonyl (C=O) groups is 1. The fourth-order valence-electron chi connectivity index (χ4n) is 3.76. The molecule has 0 aliphatic heterocycles. The molecule has 1 unspecified atom stereocenters. The predicted molar refractivity (Wildman–Crippen MR) is 135 cm³/mol. The standard InChI is InChI=1S/C27H26N4OS/c1-17-15-18(2)23(19(3)16-17)28-26(32)20(4)33-27-29-24(21-11-7-5-8-12-21)25(30-31-27)22-13-9-6-10-14-22/h5-16,20H,1-4H3,(H,28,32). The molecule has 0 spiro atoms. The number of amides is 1. The van der Waals surface area contributed by atoms with Crippen LogP contribution in [0.3, 0.4) is 0 Å². The lowest BCUT2D eigenvalue weighted by Gasteiger charge is -2.16. The van der Waals surface area contributed by atoms with E-state index in [1.54, 1.807) is 0 Å². The minimum Gasteiger partial charge on any atom is -0.325 e. The van der Waals surface area contributed by atoms with Crippen LogP contribution in [0.5, 0.6) is 0 Å². The summed E-state index contributed by atoms with van der Waals surface area (Å²) in [4.78, 5) is 17.7. The van der Waals surface area contributed by atoms with Crippen molar-refractivity contribution in [1.29, 1.82) is 0 Å². The van der Waals surface area contributed by atoms with Crippen LogP contribution in [0.1, 0.15) is 23.6 Å². The Morgan fingerprint density at radius 3 is 1.94 bits per heavy atom. The average molecular weight is 455 g/mol. The molecule has 0 fully saturated rings. The van der Waals surface area contributed by atoms with Crippen molar-refractivity contribution in [3.05, 3.63) is 89.5 Å².